The summed E-state index contributed by atoms with van der Waals surface area (Å²) in [5, 5.41) is 18.7. The van der Waals surface area contributed by atoms with Crippen LogP contribution in [0, 0.1) is 11.3 Å². The van der Waals surface area contributed by atoms with E-state index in [4.69, 9.17) is 16.1 Å². The van der Waals surface area contributed by atoms with Gasteiger partial charge in [-0.05, 0) is 12.1 Å². The molecular weight excluding hydrogens is 196 g/mol. The van der Waals surface area contributed by atoms with Gasteiger partial charge in [-0.2, -0.15) is 5.26 Å². The molecule has 0 atom stereocenters. The molecule has 1 aromatic carbocycles. The minimum absolute atomic E-state index is 0.0734. The summed E-state index contributed by atoms with van der Waals surface area (Å²) < 4.78 is 0.950. The molecule has 1 aromatic heterocycles. The van der Waals surface area contributed by atoms with E-state index < -0.39 is 0 Å². The third-order valence-electron chi connectivity index (χ3n) is 2.09. The highest BCUT2D eigenvalue weighted by Gasteiger charge is 2.11. The van der Waals surface area contributed by atoms with Crippen molar-refractivity contribution in [1.29, 1.82) is 5.26 Å². The molecule has 0 aliphatic heterocycles. The zero-order chi connectivity index (χ0) is 10.1. The number of rotatable bonds is 1. The summed E-state index contributed by atoms with van der Waals surface area (Å²) in [4.78, 5) is 0.725. The van der Waals surface area contributed by atoms with Crippen LogP contribution in [0.5, 0.6) is 0 Å². The minimum atomic E-state index is -0.0734. The Hall–Kier alpha value is -1.57. The summed E-state index contributed by atoms with van der Waals surface area (Å²) in [7, 11) is 0. The van der Waals surface area contributed by atoms with Crippen molar-refractivity contribution in [2.24, 2.45) is 0 Å². The number of nitrogens with two attached hydrogens (primary N) is 1. The predicted octanol–water partition coefficient (Wildman–Crippen LogP) is 1.85. The number of benzene rings is 1. The first kappa shape index (κ1) is 9.00. The van der Waals surface area contributed by atoms with Crippen LogP contribution < -0.4 is 5.73 Å². The lowest BCUT2D eigenvalue weighted by atomic mass is 10.1. The van der Waals surface area contributed by atoms with Gasteiger partial charge in [0.25, 0.3) is 0 Å². The number of nitrogens with zero attached hydrogens (tertiary/aromatic N) is 1. The topological polar surface area (TPSA) is 70.0 Å². The number of hydrogen-bond acceptors (Lipinski definition) is 4. The maximum absolute atomic E-state index is 9.03. The van der Waals surface area contributed by atoms with Crippen molar-refractivity contribution in [3.8, 4) is 6.07 Å². The van der Waals surface area contributed by atoms with Gasteiger partial charge >= 0.3 is 0 Å². The zero-order valence-electron chi connectivity index (χ0n) is 7.32. The molecule has 2 rings (SSSR count). The average molecular weight is 204 g/mol. The fourth-order valence-electron chi connectivity index (χ4n) is 1.43. The number of aliphatic hydroxyl groups excluding tert-OH is 1. The maximum Gasteiger partial charge on any atom is 0.0999 e. The van der Waals surface area contributed by atoms with Crippen LogP contribution in [0.3, 0.4) is 0 Å². The highest BCUT2D eigenvalue weighted by molar-refractivity contribution is 7.19. The van der Waals surface area contributed by atoms with Gasteiger partial charge in [0.15, 0.2) is 0 Å². The molecule has 3 N–H and O–H groups in total. The maximum atomic E-state index is 9.03. The lowest BCUT2D eigenvalue weighted by Gasteiger charge is -1.95. The van der Waals surface area contributed by atoms with Crippen LogP contribution in [0.25, 0.3) is 10.1 Å². The van der Waals surface area contributed by atoms with Gasteiger partial charge in [-0.25, -0.2) is 0 Å². The molecule has 0 amide bonds. The fourth-order valence-corrected chi connectivity index (χ4v) is 2.44. The molecular formula is C10H8N2OS. The third-order valence-corrected chi connectivity index (χ3v) is 3.25. The Bertz CT molecular complexity index is 525. The predicted molar refractivity (Wildman–Crippen MR) is 56.9 cm³/mol. The molecule has 0 aliphatic rings. The molecule has 4 heteroatoms. The molecule has 0 aliphatic carbocycles. The van der Waals surface area contributed by atoms with Gasteiger partial charge in [0.2, 0.25) is 0 Å². The first-order valence-corrected chi connectivity index (χ1v) is 4.90. The van der Waals surface area contributed by atoms with E-state index in [-0.39, 0.29) is 6.61 Å². The first-order valence-electron chi connectivity index (χ1n) is 4.08. The number of anilines is 1. The van der Waals surface area contributed by atoms with Gasteiger partial charge in [0.1, 0.15) is 0 Å². The van der Waals surface area contributed by atoms with Gasteiger partial charge in [-0.1, -0.05) is 6.07 Å². The third kappa shape index (κ3) is 1.15. The second-order valence-electron chi connectivity index (χ2n) is 2.89. The van der Waals surface area contributed by atoms with E-state index in [0.29, 0.717) is 11.3 Å². The second-order valence-corrected chi connectivity index (χ2v) is 4.02. The van der Waals surface area contributed by atoms with Crippen LogP contribution in [-0.4, -0.2) is 5.11 Å². The van der Waals surface area contributed by atoms with Gasteiger partial charge in [0.05, 0.1) is 28.8 Å². The van der Waals surface area contributed by atoms with Crippen molar-refractivity contribution in [3.63, 3.8) is 0 Å². The van der Waals surface area contributed by atoms with Crippen LogP contribution in [-0.2, 0) is 6.61 Å². The lowest BCUT2D eigenvalue weighted by Crippen LogP contribution is -1.89. The summed E-state index contributed by atoms with van der Waals surface area (Å²) in [5.74, 6) is 0. The summed E-state index contributed by atoms with van der Waals surface area (Å²) in [6, 6.07) is 7.54. The lowest BCUT2D eigenvalue weighted by molar-refractivity contribution is 0.286. The van der Waals surface area contributed by atoms with E-state index in [1.54, 1.807) is 6.07 Å². The van der Waals surface area contributed by atoms with Crippen LogP contribution in [0.4, 0.5) is 5.69 Å². The van der Waals surface area contributed by atoms with E-state index in [2.05, 4.69) is 6.07 Å². The Labute approximate surface area is 85.0 Å². The molecule has 2 aromatic rings. The molecule has 0 saturated carbocycles. The summed E-state index contributed by atoms with van der Waals surface area (Å²) in [6.45, 7) is -0.0734. The number of hydrogen-bond donors (Lipinski definition) is 2. The molecule has 14 heavy (non-hydrogen) atoms. The first-order chi connectivity index (χ1) is 6.77. The average Bonchev–Trinajstić information content (AvgIpc) is 2.55. The smallest absolute Gasteiger partial charge is 0.0999 e. The van der Waals surface area contributed by atoms with Crippen LogP contribution in [0.15, 0.2) is 18.2 Å². The highest BCUT2D eigenvalue weighted by atomic mass is 32.1. The molecule has 0 unspecified atom stereocenters. The van der Waals surface area contributed by atoms with Crippen molar-refractivity contribution in [2.75, 3.05) is 5.73 Å². The van der Waals surface area contributed by atoms with Crippen LogP contribution >= 0.6 is 11.3 Å². The van der Waals surface area contributed by atoms with E-state index in [1.165, 1.54) is 11.3 Å². The highest BCUT2D eigenvalue weighted by Crippen LogP contribution is 2.35. The van der Waals surface area contributed by atoms with Crippen LogP contribution in [0.1, 0.15) is 10.4 Å². The fraction of sp³-hybridized carbons (Fsp3) is 0.100. The monoisotopic (exact) mass is 204 g/mol. The number of nitrogen functional groups attached to an aromatic ring is 1. The second kappa shape index (κ2) is 3.29. The number of aliphatic hydroxyl groups is 1. The molecule has 0 saturated heterocycles. The normalized spacial score (nSPS) is 10.3. The van der Waals surface area contributed by atoms with E-state index in [9.17, 15) is 0 Å². The molecule has 0 radical (unpaired) electrons. The standard InChI is InChI=1S/C10H8N2OS/c11-4-6-2-1-3-7-9(6)10(12)8(5-13)14-7/h1-3,13H,5,12H2. The number of fused-ring (bicyclic) bond motifs is 1. The van der Waals surface area contributed by atoms with Crippen molar-refractivity contribution >= 4 is 27.1 Å². The molecule has 3 nitrogen and oxygen atoms in total. The number of thiophene rings is 1. The van der Waals surface area contributed by atoms with E-state index in [0.717, 1.165) is 15.0 Å². The van der Waals surface area contributed by atoms with Crippen molar-refractivity contribution in [3.05, 3.63) is 28.6 Å². The van der Waals surface area contributed by atoms with Crippen LogP contribution in [0.2, 0.25) is 0 Å². The summed E-state index contributed by atoms with van der Waals surface area (Å²) >= 11 is 1.43. The summed E-state index contributed by atoms with van der Waals surface area (Å²) in [6.07, 6.45) is 0. The Morgan fingerprint density at radius 1 is 1.50 bits per heavy atom. The SMILES string of the molecule is N#Cc1cccc2sc(CO)c(N)c12. The van der Waals surface area contributed by atoms with Gasteiger partial charge in [-0.3, -0.25) is 0 Å². The zero-order valence-corrected chi connectivity index (χ0v) is 8.14. The molecule has 0 spiro atoms. The van der Waals surface area contributed by atoms with Crippen molar-refractivity contribution in [1.82, 2.24) is 0 Å². The molecule has 0 bridgehead atoms. The largest absolute Gasteiger partial charge is 0.397 e. The van der Waals surface area contributed by atoms with Crippen molar-refractivity contribution in [2.45, 2.75) is 6.61 Å². The number of nitriles is 1. The van der Waals surface area contributed by atoms with E-state index in [1.807, 2.05) is 12.1 Å². The van der Waals surface area contributed by atoms with E-state index >= 15 is 0 Å². The quantitative estimate of drug-likeness (QED) is 0.744. The Balaban J connectivity index is 2.87. The Kier molecular flexibility index (Phi) is 2.12. The van der Waals surface area contributed by atoms with Crippen molar-refractivity contribution < 1.29 is 5.11 Å². The van der Waals surface area contributed by atoms with Gasteiger partial charge in [-0.15, -0.1) is 11.3 Å². The molecule has 0 fully saturated rings. The Morgan fingerprint density at radius 3 is 2.93 bits per heavy atom. The van der Waals surface area contributed by atoms with Gasteiger partial charge < -0.3 is 10.8 Å². The molecule has 1 heterocycles. The molecule has 70 valence electrons. The minimum Gasteiger partial charge on any atom is -0.397 e. The van der Waals surface area contributed by atoms with Gasteiger partial charge in [0, 0.05) is 10.1 Å². The summed E-state index contributed by atoms with van der Waals surface area (Å²) in [5.41, 5.74) is 6.92. The Morgan fingerprint density at radius 2 is 2.29 bits per heavy atom.